The zero-order chi connectivity index (χ0) is 25.5. The predicted molar refractivity (Wildman–Crippen MR) is 138 cm³/mol. The summed E-state index contributed by atoms with van der Waals surface area (Å²) in [6.45, 7) is 2.57. The Labute approximate surface area is 209 Å². The molecule has 0 radical (unpaired) electrons. The monoisotopic (exact) mass is 487 g/mol. The molecule has 4 rings (SSSR count). The molecule has 1 amide bonds. The second-order valence-electron chi connectivity index (χ2n) is 9.03. The quantitative estimate of drug-likeness (QED) is 0.422. The maximum Gasteiger partial charge on any atom is 0.255 e. The Morgan fingerprint density at radius 2 is 2.14 bits per heavy atom. The summed E-state index contributed by atoms with van der Waals surface area (Å²) >= 11 is 0. The van der Waals surface area contributed by atoms with Gasteiger partial charge in [-0.25, -0.2) is 5.01 Å². The molecule has 0 bridgehead atoms. The van der Waals surface area contributed by atoms with Gasteiger partial charge in [0.05, 0.1) is 10.6 Å². The third-order valence-electron chi connectivity index (χ3n) is 5.91. The Bertz CT molecular complexity index is 1220. The van der Waals surface area contributed by atoms with Gasteiger partial charge in [-0.3, -0.25) is 19.9 Å². The van der Waals surface area contributed by atoms with Crippen molar-refractivity contribution in [2.45, 2.75) is 32.1 Å². The van der Waals surface area contributed by atoms with Gasteiger partial charge in [0.25, 0.3) is 5.91 Å². The topological polar surface area (TPSA) is 126 Å². The highest BCUT2D eigenvalue weighted by Crippen LogP contribution is 2.26. The highest BCUT2D eigenvalue weighted by molar-refractivity contribution is 5.97. The lowest BCUT2D eigenvalue weighted by molar-refractivity contribution is -0.428. The van der Waals surface area contributed by atoms with Crippen molar-refractivity contribution in [3.05, 3.63) is 99.2 Å². The van der Waals surface area contributed by atoms with Gasteiger partial charge in [0.1, 0.15) is 0 Å². The molecule has 2 aliphatic carbocycles. The van der Waals surface area contributed by atoms with Crippen molar-refractivity contribution in [3.8, 4) is 0 Å². The van der Waals surface area contributed by atoms with Crippen LogP contribution < -0.4 is 10.7 Å². The number of likely N-dealkylation sites (N-methyl/N-ethyl adjacent to an activating group) is 1. The molecule has 3 aliphatic rings. The number of aliphatic imine (C=N–C) groups is 1. The summed E-state index contributed by atoms with van der Waals surface area (Å²) in [5, 5.41) is 24.7. The molecule has 1 aromatic rings. The Hall–Kier alpha value is -4.18. The normalized spacial score (nSPS) is 21.2. The molecule has 10 heteroatoms. The summed E-state index contributed by atoms with van der Waals surface area (Å²) in [5.41, 5.74) is 6.22. The van der Waals surface area contributed by atoms with Gasteiger partial charge in [-0.05, 0) is 42.2 Å². The van der Waals surface area contributed by atoms with Crippen LogP contribution >= 0.6 is 0 Å². The fraction of sp³-hybridized carbons (Fsp3) is 0.308. The van der Waals surface area contributed by atoms with Crippen molar-refractivity contribution in [2.75, 3.05) is 19.0 Å². The number of aromatic nitrogens is 2. The smallest absolute Gasteiger partial charge is 0.255 e. The summed E-state index contributed by atoms with van der Waals surface area (Å²) < 4.78 is 0. The van der Waals surface area contributed by atoms with E-state index in [0.717, 1.165) is 18.5 Å². The molecule has 0 saturated heterocycles. The van der Waals surface area contributed by atoms with E-state index in [4.69, 9.17) is 0 Å². The average molecular weight is 488 g/mol. The van der Waals surface area contributed by atoms with Gasteiger partial charge in [0.2, 0.25) is 5.70 Å². The zero-order valence-electron chi connectivity index (χ0n) is 20.3. The number of nitro groups is 1. The highest BCUT2D eigenvalue weighted by Gasteiger charge is 2.24. The minimum absolute atomic E-state index is 0.0454. The van der Waals surface area contributed by atoms with Crippen LogP contribution in [-0.4, -0.2) is 45.8 Å². The number of carbonyl (C=O) groups is 1. The van der Waals surface area contributed by atoms with E-state index < -0.39 is 4.92 Å². The minimum Gasteiger partial charge on any atom is -0.322 e. The van der Waals surface area contributed by atoms with Gasteiger partial charge in [-0.15, -0.1) is 5.10 Å². The summed E-state index contributed by atoms with van der Waals surface area (Å²) in [7, 11) is 1.94. The van der Waals surface area contributed by atoms with Gasteiger partial charge in [0, 0.05) is 62.1 Å². The molecular weight excluding hydrogens is 458 g/mol. The van der Waals surface area contributed by atoms with Crippen molar-refractivity contribution in [1.29, 1.82) is 0 Å². The van der Waals surface area contributed by atoms with E-state index in [1.807, 2.05) is 61.6 Å². The average Bonchev–Trinajstić information content (AvgIpc) is 3.13. The Morgan fingerprint density at radius 1 is 1.28 bits per heavy atom. The van der Waals surface area contributed by atoms with Crippen LogP contribution in [0.5, 0.6) is 0 Å². The second-order valence-corrected chi connectivity index (χ2v) is 9.03. The van der Waals surface area contributed by atoms with Crippen molar-refractivity contribution >= 4 is 17.9 Å². The lowest BCUT2D eigenvalue weighted by Gasteiger charge is -2.20. The van der Waals surface area contributed by atoms with Crippen LogP contribution in [-0.2, 0) is 4.79 Å². The lowest BCUT2D eigenvalue weighted by atomic mass is 9.94. The van der Waals surface area contributed by atoms with Crippen LogP contribution in [0.25, 0.3) is 0 Å². The maximum atomic E-state index is 12.8. The van der Waals surface area contributed by atoms with E-state index in [9.17, 15) is 14.9 Å². The zero-order valence-corrected chi connectivity index (χ0v) is 20.3. The maximum absolute atomic E-state index is 12.8. The van der Waals surface area contributed by atoms with Crippen LogP contribution in [0, 0.1) is 16.0 Å². The van der Waals surface area contributed by atoms with E-state index in [0.29, 0.717) is 30.1 Å². The third-order valence-corrected chi connectivity index (χ3v) is 5.91. The number of nitrogens with one attached hydrogen (secondary N) is 2. The molecular formula is C26H29N7O3. The van der Waals surface area contributed by atoms with Gasteiger partial charge in [-0.2, -0.15) is 5.10 Å². The number of carbonyl (C=O) groups excluding carboxylic acids is 1. The van der Waals surface area contributed by atoms with Crippen molar-refractivity contribution < 1.29 is 9.72 Å². The van der Waals surface area contributed by atoms with Crippen LogP contribution in [0.3, 0.4) is 0 Å². The van der Waals surface area contributed by atoms with Crippen molar-refractivity contribution in [1.82, 2.24) is 20.5 Å². The largest absolute Gasteiger partial charge is 0.322 e. The number of hydrogen-bond acceptors (Lipinski definition) is 8. The van der Waals surface area contributed by atoms with E-state index in [1.165, 1.54) is 11.6 Å². The molecule has 0 spiro atoms. The molecule has 186 valence electrons. The van der Waals surface area contributed by atoms with Gasteiger partial charge < -0.3 is 10.7 Å². The van der Waals surface area contributed by atoms with Crippen LogP contribution in [0.4, 0.5) is 5.82 Å². The molecule has 0 saturated carbocycles. The van der Waals surface area contributed by atoms with Gasteiger partial charge in [-0.1, -0.05) is 31.2 Å². The molecule has 1 aliphatic heterocycles. The standard InChI is InChI=1S/C26H29N7O3/c1-18-13-21(16-23(14-18)33(35)36)26(34)28-22-7-3-6-20(15-22)24-8-9-25(30-29-24)31-32(2)17-19-5-4-11-27-12-10-19/h3-5,7-9,11-13,15-16,18,20H,6,10,14,17H2,1-2H3,(H,28,34)(H,30,31). The van der Waals surface area contributed by atoms with Gasteiger partial charge in [0.15, 0.2) is 5.82 Å². The summed E-state index contributed by atoms with van der Waals surface area (Å²) in [4.78, 5) is 27.6. The number of hydrazine groups is 1. The van der Waals surface area contributed by atoms with Crippen LogP contribution in [0.1, 0.15) is 37.8 Å². The molecule has 10 nitrogen and oxygen atoms in total. The van der Waals surface area contributed by atoms with E-state index in [-0.39, 0.29) is 23.4 Å². The second kappa shape index (κ2) is 11.5. The number of allylic oxidation sites excluding steroid dienone is 7. The Balaban J connectivity index is 1.36. The number of hydrogen-bond donors (Lipinski definition) is 2. The van der Waals surface area contributed by atoms with E-state index in [2.05, 4.69) is 32.0 Å². The third kappa shape index (κ3) is 6.70. The summed E-state index contributed by atoms with van der Waals surface area (Å²) in [5.74, 6) is 0.152. The molecule has 0 aromatic carbocycles. The summed E-state index contributed by atoms with van der Waals surface area (Å²) in [6.07, 6.45) is 18.3. The first kappa shape index (κ1) is 24.9. The fourth-order valence-electron chi connectivity index (χ4n) is 4.21. The number of rotatable bonds is 8. The van der Waals surface area contributed by atoms with E-state index in [1.54, 1.807) is 12.3 Å². The molecule has 36 heavy (non-hydrogen) atoms. The number of amides is 1. The molecule has 0 fully saturated rings. The fourth-order valence-corrected chi connectivity index (χ4v) is 4.21. The van der Waals surface area contributed by atoms with Crippen molar-refractivity contribution in [3.63, 3.8) is 0 Å². The van der Waals surface area contributed by atoms with Gasteiger partial charge >= 0.3 is 0 Å². The van der Waals surface area contributed by atoms with E-state index >= 15 is 0 Å². The highest BCUT2D eigenvalue weighted by atomic mass is 16.6. The predicted octanol–water partition coefficient (Wildman–Crippen LogP) is 3.82. The first-order valence-electron chi connectivity index (χ1n) is 11.8. The first-order valence-corrected chi connectivity index (χ1v) is 11.8. The SMILES string of the molecule is CC1C=C(C(=O)NC2=CC(c3ccc(NN(C)CC4=CC=CN=CC4)nn3)CC=C2)C=C([N+](=O)[O-])C1. The number of nitrogens with zero attached hydrogens (tertiary/aromatic N) is 5. The lowest BCUT2D eigenvalue weighted by Crippen LogP contribution is -2.28. The molecule has 1 aromatic heterocycles. The Kier molecular flexibility index (Phi) is 7.96. The molecule has 2 heterocycles. The molecule has 2 atom stereocenters. The molecule has 2 N–H and O–H groups in total. The molecule has 2 unspecified atom stereocenters. The van der Waals surface area contributed by atoms with Crippen LogP contribution in [0.2, 0.25) is 0 Å². The Morgan fingerprint density at radius 3 is 2.92 bits per heavy atom. The van der Waals surface area contributed by atoms with Crippen molar-refractivity contribution in [2.24, 2.45) is 10.9 Å². The minimum atomic E-state index is -0.428. The first-order chi connectivity index (χ1) is 17.4. The summed E-state index contributed by atoms with van der Waals surface area (Å²) in [6, 6.07) is 3.80. The number of anilines is 1. The van der Waals surface area contributed by atoms with Crippen LogP contribution in [0.15, 0.2) is 88.4 Å².